The molecular formula is C40H51F3N22O18P4S4. The molecule has 4 unspecified atom stereocenters. The molecule has 0 aliphatic carbocycles. The Kier molecular flexibility index (Phi) is 19.7. The summed E-state index contributed by atoms with van der Waals surface area (Å²) in [4.78, 5) is 95.1. The average Bonchev–Trinajstić information content (AvgIpc) is 1.65. The molecule has 12 rings (SSSR count). The number of nitrogens with zero attached hydrogens (tertiary/aromatic N) is 16. The first-order chi connectivity index (χ1) is 43.1. The van der Waals surface area contributed by atoms with Crippen molar-refractivity contribution in [2.45, 2.75) is 99.3 Å². The molecule has 8 aromatic rings. The van der Waals surface area contributed by atoms with Crippen LogP contribution < -0.4 is 34.1 Å². The molecule has 4 fully saturated rings. The highest BCUT2D eigenvalue weighted by Crippen LogP contribution is 2.53. The molecule has 0 bridgehead atoms. The number of rotatable bonds is 22. The van der Waals surface area contributed by atoms with Crippen molar-refractivity contribution >= 4 is 142 Å². The second kappa shape index (κ2) is 26.8. The van der Waals surface area contributed by atoms with Crippen LogP contribution in [0.15, 0.2) is 34.5 Å². The summed E-state index contributed by atoms with van der Waals surface area (Å²) in [6, 6.07) is 1.66. The molecule has 51 heteroatoms. The number of fused-ring (bicyclic) bond motifs is 4. The highest BCUT2D eigenvalue weighted by molar-refractivity contribution is 8.08. The van der Waals surface area contributed by atoms with Gasteiger partial charge in [0.15, 0.2) is 70.4 Å². The van der Waals surface area contributed by atoms with E-state index in [4.69, 9.17) is 125 Å². The first kappa shape index (κ1) is 67.0. The molecule has 494 valence electrons. The van der Waals surface area contributed by atoms with Crippen molar-refractivity contribution in [2.24, 2.45) is 0 Å². The van der Waals surface area contributed by atoms with E-state index in [9.17, 15) is 29.2 Å². The third kappa shape index (κ3) is 14.6. The second-order valence-electron chi connectivity index (χ2n) is 19.8. The van der Waals surface area contributed by atoms with E-state index >= 15 is 13.2 Å². The van der Waals surface area contributed by atoms with Gasteiger partial charge in [-0.2, -0.15) is 24.0 Å². The number of ether oxygens (including phenoxy) is 4. The van der Waals surface area contributed by atoms with Gasteiger partial charge in [0, 0.05) is 39.7 Å². The van der Waals surface area contributed by atoms with Gasteiger partial charge in [0.05, 0.1) is 50.1 Å². The summed E-state index contributed by atoms with van der Waals surface area (Å²) in [6.07, 6.45) is -13.2. The Morgan fingerprint density at radius 3 is 1.65 bits per heavy atom. The van der Waals surface area contributed by atoms with Crippen LogP contribution in [0.1, 0.15) is 44.2 Å². The number of nitrogens with two attached hydrogens (primary N) is 4. The van der Waals surface area contributed by atoms with Crippen LogP contribution in [0.4, 0.5) is 36.7 Å². The van der Waals surface area contributed by atoms with Crippen molar-refractivity contribution in [2.75, 3.05) is 63.6 Å². The smallest absolute Gasteiger partial charge is 0.325 e. The lowest BCUT2D eigenvalue weighted by molar-refractivity contribution is -0.0567. The van der Waals surface area contributed by atoms with Crippen molar-refractivity contribution < 1.29 is 87.9 Å². The lowest BCUT2D eigenvalue weighted by Gasteiger charge is -2.25. The van der Waals surface area contributed by atoms with Crippen molar-refractivity contribution in [1.29, 1.82) is 0 Å². The summed E-state index contributed by atoms with van der Waals surface area (Å²) in [5.74, 6) is -0.214. The number of halogens is 3. The molecule has 14 N–H and O–H groups in total. The zero-order chi connectivity index (χ0) is 65.1. The minimum Gasteiger partial charge on any atom is -0.383 e. The molecule has 40 nitrogen and oxygen atoms in total. The second-order valence-corrected chi connectivity index (χ2v) is 31.3. The Morgan fingerprint density at radius 1 is 0.582 bits per heavy atom. The molecule has 0 amide bonds. The summed E-state index contributed by atoms with van der Waals surface area (Å²) < 4.78 is 116. The Hall–Kier alpha value is -5.39. The zero-order valence-corrected chi connectivity index (χ0v) is 53.1. The Balaban J connectivity index is 0.000000187. The molecule has 8 aromatic heterocycles. The zero-order valence-electron chi connectivity index (χ0n) is 46.3. The van der Waals surface area contributed by atoms with Gasteiger partial charge in [0.1, 0.15) is 54.8 Å². The fourth-order valence-electron chi connectivity index (χ4n) is 9.75. The maximum absolute atomic E-state index is 15.9. The van der Waals surface area contributed by atoms with Gasteiger partial charge >= 0.3 is 26.9 Å². The first-order valence-electron chi connectivity index (χ1n) is 26.1. The van der Waals surface area contributed by atoms with Crippen LogP contribution in [0, 0.1) is 0 Å². The molecule has 0 aromatic carbocycles. The summed E-state index contributed by atoms with van der Waals surface area (Å²) in [5, 5.41) is 23.6. The van der Waals surface area contributed by atoms with Crippen LogP contribution in [0.2, 0.25) is 0 Å². The molecule has 17 atom stereocenters. The van der Waals surface area contributed by atoms with Gasteiger partial charge in [-0.25, -0.2) is 33.1 Å². The fourth-order valence-corrected chi connectivity index (χ4v) is 13.9. The Morgan fingerprint density at radius 2 is 1.05 bits per heavy atom. The van der Waals surface area contributed by atoms with Crippen LogP contribution in [0.5, 0.6) is 0 Å². The lowest BCUT2D eigenvalue weighted by atomic mass is 10.1. The molecule has 0 saturated carbocycles. The number of nitrogens with one attached hydrogen (secondary N) is 2. The van der Waals surface area contributed by atoms with E-state index in [0.29, 0.717) is 11.0 Å². The number of aromatic nitrogens is 18. The SMILES string of the molecule is COP(O)(=S)OC[C@@H]1C[C@@H](OP(O)(=S)OC[C@@H]2C[C@H](F)[C@H](n3ccc4c(N)ncnc43)O2)[C@H](n2nnc3c(=O)[nH]c(N)nc32)O1.COP(O)(=S)OC[C@H]1O[C@@H](n2nnc3c(=O)[nH]c(N)nc32)[C@H](OP(O)(=S)OC[C@@H]2C[C@H](F)[C@H](n3nnc4c(N)ncnc43)O2)[C@@H]1F. The van der Waals surface area contributed by atoms with Gasteiger partial charge in [-0.05, 0) is 53.3 Å². The van der Waals surface area contributed by atoms with Crippen LogP contribution >= 0.6 is 26.9 Å². The predicted molar refractivity (Wildman–Crippen MR) is 318 cm³/mol. The van der Waals surface area contributed by atoms with Crippen LogP contribution in [0.3, 0.4) is 0 Å². The van der Waals surface area contributed by atoms with Crippen LogP contribution in [-0.4, -0.2) is 205 Å². The molecule has 12 heterocycles. The average molecular weight is 1440 g/mol. The number of anilines is 4. The first-order valence-corrected chi connectivity index (χ1v) is 36.5. The lowest BCUT2D eigenvalue weighted by Crippen LogP contribution is -2.32. The number of H-pyrrole nitrogens is 2. The van der Waals surface area contributed by atoms with E-state index in [1.165, 1.54) is 18.0 Å². The van der Waals surface area contributed by atoms with Crippen molar-refractivity contribution in [1.82, 2.24) is 89.4 Å². The number of aromatic amines is 2. The van der Waals surface area contributed by atoms with Crippen molar-refractivity contribution in [3.8, 4) is 0 Å². The topological polar surface area (TPSA) is 536 Å². The largest absolute Gasteiger partial charge is 0.383 e. The van der Waals surface area contributed by atoms with Gasteiger partial charge in [0.25, 0.3) is 11.1 Å². The van der Waals surface area contributed by atoms with Crippen molar-refractivity contribution in [3.63, 3.8) is 0 Å². The molecular weight excluding hydrogens is 1390 g/mol. The fraction of sp³-hybridized carbons (Fsp3) is 0.550. The summed E-state index contributed by atoms with van der Waals surface area (Å²) in [6.45, 7) is -17.3. The monoisotopic (exact) mass is 1440 g/mol. The predicted octanol–water partition coefficient (Wildman–Crippen LogP) is -0.191. The Bertz CT molecular complexity index is 4340. The van der Waals surface area contributed by atoms with Gasteiger partial charge in [-0.3, -0.25) is 24.1 Å². The number of hydrogen-bond donors (Lipinski definition) is 10. The minimum absolute atomic E-state index is 0.0308. The third-order valence-electron chi connectivity index (χ3n) is 13.9. The van der Waals surface area contributed by atoms with E-state index < -0.39 is 131 Å². The highest BCUT2D eigenvalue weighted by atomic mass is 32.5. The number of hydrogen-bond acceptors (Lipinski definition) is 34. The number of nitrogen functional groups attached to an aromatic ring is 4. The van der Waals surface area contributed by atoms with Crippen LogP contribution in [0.25, 0.3) is 44.5 Å². The third-order valence-corrected chi connectivity index (χ3v) is 20.4. The summed E-state index contributed by atoms with van der Waals surface area (Å²) in [7, 11) is 2.30. The van der Waals surface area contributed by atoms with E-state index in [1.807, 2.05) is 0 Å². The van der Waals surface area contributed by atoms with Gasteiger partial charge in [-0.1, -0.05) is 15.6 Å². The molecule has 91 heavy (non-hydrogen) atoms. The van der Waals surface area contributed by atoms with Gasteiger partial charge in [0.2, 0.25) is 11.9 Å². The maximum Gasteiger partial charge on any atom is 0.325 e. The van der Waals surface area contributed by atoms with Gasteiger partial charge < -0.3 is 97.7 Å². The molecule has 0 spiro atoms. The van der Waals surface area contributed by atoms with E-state index in [2.05, 4.69) is 70.8 Å². The summed E-state index contributed by atoms with van der Waals surface area (Å²) >= 11 is 20.1. The number of alkyl halides is 3. The van der Waals surface area contributed by atoms with Crippen molar-refractivity contribution in [3.05, 3.63) is 45.6 Å². The standard InChI is InChI=1S/C21H27FN10O9P2S2.C19H24F2N12O9P2S2/c1-36-42(34,44)37-7-10-5-13(20(40-10)32-17-14(29-30-32)18(33)28-21(24)27-17)41-43(35,45)38-6-9-4-12(22)19(39-9)31-3-2-11-15(23)25-8-26-16(11)31;1-37-43(35,45)39-4-8-9(21)12(18(41-8)33-15-11(29-31-33)16(34)27-19(23)26-15)42-44(36,46)38-3-6-2-7(20)17(40-6)32-14-10(28-30-32)13(22)24-5-25-14/h2-3,8-10,12-13,19-20H,4-7H2,1H3,(H,34,44)(H,35,45)(H2,23,25,26)(H3,24,27,28,33);5-9,12,17-18H,2-4H2,1H3,(H,35,45)(H,36,46)(H2,22,24,25)(H3,23,26,27,34)/t9-,10-,12-,13+,19+,20+,42?,43?;6-,7-,8+,9+,12+,17+,18+,43?,44?/m00/s1. The normalized spacial score (nSPS) is 28.7. The summed E-state index contributed by atoms with van der Waals surface area (Å²) in [5.41, 5.74) is 21.7. The molecule has 4 aliphatic heterocycles. The van der Waals surface area contributed by atoms with Crippen LogP contribution in [-0.2, 0) is 102 Å². The molecule has 4 aliphatic rings. The maximum atomic E-state index is 15.9. The van der Waals surface area contributed by atoms with Gasteiger partial charge in [-0.15, -0.1) is 15.3 Å². The van der Waals surface area contributed by atoms with E-state index in [-0.39, 0.29) is 89.5 Å². The van der Waals surface area contributed by atoms with E-state index in [0.717, 1.165) is 27.5 Å². The minimum atomic E-state index is -4.34. The molecule has 4 saturated heterocycles. The quantitative estimate of drug-likeness (QED) is 0.0393. The van der Waals surface area contributed by atoms with E-state index in [1.54, 1.807) is 12.3 Å². The highest BCUT2D eigenvalue weighted by Gasteiger charge is 2.52. The molecule has 0 radical (unpaired) electrons. The Labute approximate surface area is 525 Å².